The van der Waals surface area contributed by atoms with Crippen LogP contribution < -0.4 is 20.3 Å². The minimum absolute atomic E-state index is 0.0157. The molecule has 1 aromatic carbocycles. The van der Waals surface area contributed by atoms with E-state index in [2.05, 4.69) is 10.6 Å². The highest BCUT2D eigenvalue weighted by atomic mass is 16.5. The van der Waals surface area contributed by atoms with Crippen LogP contribution in [0.5, 0.6) is 5.75 Å². The first-order valence-electron chi connectivity index (χ1n) is 9.33. The van der Waals surface area contributed by atoms with Gasteiger partial charge in [-0.2, -0.15) is 0 Å². The minimum Gasteiger partial charge on any atom is -0.497 e. The lowest BCUT2D eigenvalue weighted by molar-refractivity contribution is -0.127. The highest BCUT2D eigenvalue weighted by molar-refractivity contribution is 5.96. The molecular formula is C19H26N4O4. The molecular weight excluding hydrogens is 348 g/mol. The molecule has 8 nitrogen and oxygen atoms in total. The number of anilines is 1. The van der Waals surface area contributed by atoms with E-state index in [0.717, 1.165) is 30.8 Å². The van der Waals surface area contributed by atoms with E-state index >= 15 is 0 Å². The second-order valence-electron chi connectivity index (χ2n) is 6.84. The van der Waals surface area contributed by atoms with Gasteiger partial charge in [0.2, 0.25) is 11.8 Å². The fourth-order valence-electron chi connectivity index (χ4n) is 3.46. The van der Waals surface area contributed by atoms with Crippen LogP contribution in [0, 0.1) is 0 Å². The predicted octanol–water partition coefficient (Wildman–Crippen LogP) is 1.11. The Kier molecular flexibility index (Phi) is 6.16. The van der Waals surface area contributed by atoms with Gasteiger partial charge >= 0.3 is 6.03 Å². The van der Waals surface area contributed by atoms with Crippen molar-refractivity contribution < 1.29 is 19.1 Å². The first kappa shape index (κ1) is 19.0. The Morgan fingerprint density at radius 1 is 1.22 bits per heavy atom. The first-order valence-corrected chi connectivity index (χ1v) is 9.33. The van der Waals surface area contributed by atoms with E-state index in [-0.39, 0.29) is 30.3 Å². The summed E-state index contributed by atoms with van der Waals surface area (Å²) in [5.41, 5.74) is 0.792. The number of hydrogen-bond donors (Lipinski definition) is 2. The Balaban J connectivity index is 1.39. The normalized spacial score (nSPS) is 19.5. The van der Waals surface area contributed by atoms with Crippen molar-refractivity contribution in [1.29, 1.82) is 0 Å². The molecule has 0 aliphatic carbocycles. The summed E-state index contributed by atoms with van der Waals surface area (Å²) in [7, 11) is 1.59. The summed E-state index contributed by atoms with van der Waals surface area (Å²) in [5.74, 6) is 0.913. The van der Waals surface area contributed by atoms with Gasteiger partial charge in [0.25, 0.3) is 0 Å². The van der Waals surface area contributed by atoms with Gasteiger partial charge in [0.15, 0.2) is 0 Å². The van der Waals surface area contributed by atoms with E-state index in [4.69, 9.17) is 4.74 Å². The van der Waals surface area contributed by atoms with Crippen LogP contribution in [-0.4, -0.2) is 62.1 Å². The minimum atomic E-state index is -0.280. The van der Waals surface area contributed by atoms with Gasteiger partial charge < -0.3 is 25.2 Å². The van der Waals surface area contributed by atoms with E-state index in [0.29, 0.717) is 26.1 Å². The van der Waals surface area contributed by atoms with Crippen LogP contribution in [-0.2, 0) is 9.59 Å². The molecule has 2 saturated heterocycles. The fourth-order valence-corrected chi connectivity index (χ4v) is 3.46. The lowest BCUT2D eigenvalue weighted by atomic mass is 10.2. The molecule has 1 aromatic rings. The zero-order chi connectivity index (χ0) is 19.2. The van der Waals surface area contributed by atoms with Gasteiger partial charge in [0.1, 0.15) is 5.75 Å². The summed E-state index contributed by atoms with van der Waals surface area (Å²) in [6.07, 6.45) is 2.56. The van der Waals surface area contributed by atoms with Gasteiger partial charge in [-0.25, -0.2) is 4.79 Å². The zero-order valence-electron chi connectivity index (χ0n) is 15.6. The Hall–Kier alpha value is -2.77. The number of urea groups is 1. The predicted molar refractivity (Wildman–Crippen MR) is 101 cm³/mol. The average Bonchev–Trinajstić information content (AvgIpc) is 3.24. The number of carbonyl (C=O) groups excluding carboxylic acids is 3. The molecule has 0 unspecified atom stereocenters. The van der Waals surface area contributed by atoms with Gasteiger partial charge in [0, 0.05) is 44.7 Å². The van der Waals surface area contributed by atoms with Crippen LogP contribution in [0.2, 0.25) is 0 Å². The van der Waals surface area contributed by atoms with Crippen molar-refractivity contribution in [3.63, 3.8) is 0 Å². The van der Waals surface area contributed by atoms with Crippen LogP contribution in [0.25, 0.3) is 0 Å². The molecule has 4 amide bonds. The van der Waals surface area contributed by atoms with Crippen molar-refractivity contribution in [2.24, 2.45) is 0 Å². The number of nitrogens with one attached hydrogen (secondary N) is 2. The maximum atomic E-state index is 12.2. The molecule has 3 rings (SSSR count). The van der Waals surface area contributed by atoms with Crippen LogP contribution in [0.4, 0.5) is 10.5 Å². The van der Waals surface area contributed by atoms with Crippen molar-refractivity contribution in [2.75, 3.05) is 38.2 Å². The Labute approximate surface area is 158 Å². The van der Waals surface area contributed by atoms with Gasteiger partial charge in [-0.1, -0.05) is 0 Å². The molecule has 2 fully saturated rings. The first-order chi connectivity index (χ1) is 13.1. The monoisotopic (exact) mass is 374 g/mol. The van der Waals surface area contributed by atoms with Crippen molar-refractivity contribution in [2.45, 2.75) is 31.7 Å². The summed E-state index contributed by atoms with van der Waals surface area (Å²) in [5, 5.41) is 5.65. The number of rotatable bonds is 7. The van der Waals surface area contributed by atoms with Crippen molar-refractivity contribution in [3.8, 4) is 5.75 Å². The second kappa shape index (κ2) is 8.75. The topological polar surface area (TPSA) is 91.0 Å². The smallest absolute Gasteiger partial charge is 0.315 e. The van der Waals surface area contributed by atoms with Gasteiger partial charge in [-0.3, -0.25) is 9.59 Å². The second-order valence-corrected chi connectivity index (χ2v) is 6.84. The number of nitrogens with zero attached hydrogens (tertiary/aromatic N) is 2. The van der Waals surface area contributed by atoms with Gasteiger partial charge in [-0.15, -0.1) is 0 Å². The lowest BCUT2D eigenvalue weighted by Gasteiger charge is -2.18. The maximum Gasteiger partial charge on any atom is 0.315 e. The molecule has 27 heavy (non-hydrogen) atoms. The number of hydrogen-bond acceptors (Lipinski definition) is 4. The number of likely N-dealkylation sites (tertiary alicyclic amines) is 1. The molecule has 0 radical (unpaired) electrons. The summed E-state index contributed by atoms with van der Waals surface area (Å²) in [6.45, 7) is 2.43. The quantitative estimate of drug-likeness (QED) is 0.700. The molecule has 2 aliphatic heterocycles. The lowest BCUT2D eigenvalue weighted by Crippen LogP contribution is -2.44. The molecule has 2 aliphatic rings. The highest BCUT2D eigenvalue weighted by Crippen LogP contribution is 2.24. The molecule has 0 aromatic heterocycles. The molecule has 0 spiro atoms. The van der Waals surface area contributed by atoms with E-state index in [9.17, 15) is 14.4 Å². The van der Waals surface area contributed by atoms with Crippen molar-refractivity contribution in [3.05, 3.63) is 24.3 Å². The van der Waals surface area contributed by atoms with Crippen molar-refractivity contribution >= 4 is 23.5 Å². The van der Waals surface area contributed by atoms with E-state index in [1.165, 1.54) is 0 Å². The van der Waals surface area contributed by atoms with Crippen LogP contribution >= 0.6 is 0 Å². The molecule has 2 heterocycles. The zero-order valence-corrected chi connectivity index (χ0v) is 15.6. The third-order valence-corrected chi connectivity index (χ3v) is 4.91. The third kappa shape index (κ3) is 4.90. The summed E-state index contributed by atoms with van der Waals surface area (Å²) in [6, 6.07) is 6.77. The fraction of sp³-hybridized carbons (Fsp3) is 0.526. The van der Waals surface area contributed by atoms with Crippen LogP contribution in [0.3, 0.4) is 0 Å². The SMILES string of the molecule is COc1ccc(N2C[C@H](NC(=O)NCCCN3CCCC3=O)CC2=O)cc1. The highest BCUT2D eigenvalue weighted by Gasteiger charge is 2.31. The Morgan fingerprint density at radius 3 is 2.67 bits per heavy atom. The number of methoxy groups -OCH3 is 1. The molecule has 0 saturated carbocycles. The molecule has 146 valence electrons. The van der Waals surface area contributed by atoms with Crippen LogP contribution in [0.15, 0.2) is 24.3 Å². The van der Waals surface area contributed by atoms with Gasteiger partial charge in [0.05, 0.1) is 13.2 Å². The summed E-state index contributed by atoms with van der Waals surface area (Å²) in [4.78, 5) is 39.3. The third-order valence-electron chi connectivity index (χ3n) is 4.91. The van der Waals surface area contributed by atoms with Crippen molar-refractivity contribution in [1.82, 2.24) is 15.5 Å². The Bertz CT molecular complexity index is 691. The van der Waals surface area contributed by atoms with Crippen LogP contribution in [0.1, 0.15) is 25.7 Å². The summed E-state index contributed by atoms with van der Waals surface area (Å²) < 4.78 is 5.13. The van der Waals surface area contributed by atoms with E-state index < -0.39 is 0 Å². The van der Waals surface area contributed by atoms with Gasteiger partial charge in [-0.05, 0) is 37.1 Å². The Morgan fingerprint density at radius 2 is 2.00 bits per heavy atom. The number of carbonyl (C=O) groups is 3. The van der Waals surface area contributed by atoms with E-state index in [1.54, 1.807) is 24.1 Å². The number of ether oxygens (including phenoxy) is 1. The molecule has 2 N–H and O–H groups in total. The standard InChI is InChI=1S/C19H26N4O4/c1-27-16-7-5-15(6-8-16)23-13-14(12-18(23)25)21-19(26)20-9-3-11-22-10-2-4-17(22)24/h5-8,14H,2-4,9-13H2,1H3,(H2,20,21,26)/t14-/m1/s1. The van der Waals surface area contributed by atoms with E-state index in [1.807, 2.05) is 17.0 Å². The molecule has 8 heteroatoms. The molecule has 1 atom stereocenters. The number of benzene rings is 1. The maximum absolute atomic E-state index is 12.2. The number of amides is 4. The molecule has 0 bridgehead atoms. The largest absolute Gasteiger partial charge is 0.497 e. The summed E-state index contributed by atoms with van der Waals surface area (Å²) >= 11 is 0. The average molecular weight is 374 g/mol.